The van der Waals surface area contributed by atoms with Gasteiger partial charge in [0.15, 0.2) is 5.65 Å². The van der Waals surface area contributed by atoms with E-state index in [2.05, 4.69) is 4.98 Å². The molecule has 18 heavy (non-hydrogen) atoms. The van der Waals surface area contributed by atoms with Crippen LogP contribution in [-0.4, -0.2) is 32.0 Å². The summed E-state index contributed by atoms with van der Waals surface area (Å²) >= 11 is 1.98. The highest BCUT2D eigenvalue weighted by Gasteiger charge is 2.20. The van der Waals surface area contributed by atoms with Gasteiger partial charge in [-0.1, -0.05) is 0 Å². The minimum Gasteiger partial charge on any atom is -0.478 e. The van der Waals surface area contributed by atoms with Gasteiger partial charge in [0, 0.05) is 18.3 Å². The molecule has 0 aliphatic carbocycles. The van der Waals surface area contributed by atoms with Gasteiger partial charge in [-0.3, -0.25) is 0 Å². The number of pyridine rings is 1. The van der Waals surface area contributed by atoms with Crippen molar-refractivity contribution < 1.29 is 9.90 Å². The molecule has 3 rings (SSSR count). The van der Waals surface area contributed by atoms with E-state index in [-0.39, 0.29) is 5.56 Å². The number of carboxylic acid groups (broad SMARTS) is 1. The summed E-state index contributed by atoms with van der Waals surface area (Å²) in [6, 6.07) is 3.35. The lowest BCUT2D eigenvalue weighted by Crippen LogP contribution is -2.08. The third-order valence-electron chi connectivity index (χ3n) is 3.37. The summed E-state index contributed by atoms with van der Waals surface area (Å²) in [6.45, 7) is 0. The van der Waals surface area contributed by atoms with E-state index in [4.69, 9.17) is 5.11 Å². The molecule has 4 nitrogen and oxygen atoms in total. The first-order valence-electron chi connectivity index (χ1n) is 6.04. The lowest BCUT2D eigenvalue weighted by atomic mass is 10.00. The van der Waals surface area contributed by atoms with Gasteiger partial charge in [-0.15, -0.1) is 0 Å². The second-order valence-corrected chi connectivity index (χ2v) is 5.74. The van der Waals surface area contributed by atoms with Crippen molar-refractivity contribution in [3.8, 4) is 0 Å². The lowest BCUT2D eigenvalue weighted by Gasteiger charge is -2.18. The van der Waals surface area contributed by atoms with Crippen LogP contribution in [0.4, 0.5) is 0 Å². The standard InChI is InChI=1S/C13H14N2O2S/c16-13(17)10-2-1-5-15-8-11(14-12(10)15)9-3-6-18-7-4-9/h1-2,5,8-9H,3-4,6-7H2,(H,16,17). The van der Waals surface area contributed by atoms with Crippen LogP contribution in [0.1, 0.15) is 34.8 Å². The number of aromatic carboxylic acids is 1. The van der Waals surface area contributed by atoms with E-state index in [9.17, 15) is 4.79 Å². The first kappa shape index (κ1) is 11.6. The molecule has 0 spiro atoms. The molecule has 94 valence electrons. The van der Waals surface area contributed by atoms with Gasteiger partial charge in [-0.25, -0.2) is 9.78 Å². The summed E-state index contributed by atoms with van der Waals surface area (Å²) in [5, 5.41) is 9.15. The minimum atomic E-state index is -0.919. The van der Waals surface area contributed by atoms with Crippen molar-refractivity contribution in [3.63, 3.8) is 0 Å². The molecule has 0 unspecified atom stereocenters. The van der Waals surface area contributed by atoms with Gasteiger partial charge in [0.05, 0.1) is 5.69 Å². The van der Waals surface area contributed by atoms with Crippen LogP contribution in [0.25, 0.3) is 5.65 Å². The molecular formula is C13H14N2O2S. The maximum Gasteiger partial charge on any atom is 0.339 e. The number of hydrogen-bond donors (Lipinski definition) is 1. The fraction of sp³-hybridized carbons (Fsp3) is 0.385. The van der Waals surface area contributed by atoms with Crippen LogP contribution >= 0.6 is 11.8 Å². The number of thioether (sulfide) groups is 1. The maximum absolute atomic E-state index is 11.1. The number of hydrogen-bond acceptors (Lipinski definition) is 3. The fourth-order valence-electron chi connectivity index (χ4n) is 2.39. The molecule has 0 aromatic carbocycles. The Morgan fingerprint density at radius 2 is 2.22 bits per heavy atom. The Balaban J connectivity index is 2.04. The van der Waals surface area contributed by atoms with Crippen LogP contribution < -0.4 is 0 Å². The van der Waals surface area contributed by atoms with E-state index in [1.807, 2.05) is 28.6 Å². The molecule has 1 fully saturated rings. The van der Waals surface area contributed by atoms with E-state index < -0.39 is 5.97 Å². The Kier molecular flexibility index (Phi) is 2.99. The van der Waals surface area contributed by atoms with E-state index in [0.29, 0.717) is 11.6 Å². The number of fused-ring (bicyclic) bond motifs is 1. The summed E-state index contributed by atoms with van der Waals surface area (Å²) in [6.07, 6.45) is 6.10. The largest absolute Gasteiger partial charge is 0.478 e. The maximum atomic E-state index is 11.1. The molecule has 2 aromatic rings. The van der Waals surface area contributed by atoms with Gasteiger partial charge in [0.1, 0.15) is 5.56 Å². The summed E-state index contributed by atoms with van der Waals surface area (Å²) in [7, 11) is 0. The fourth-order valence-corrected chi connectivity index (χ4v) is 3.50. The number of carboxylic acids is 1. The van der Waals surface area contributed by atoms with Crippen molar-refractivity contribution in [2.75, 3.05) is 11.5 Å². The second kappa shape index (κ2) is 4.65. The molecule has 1 aliphatic rings. The smallest absolute Gasteiger partial charge is 0.339 e. The van der Waals surface area contributed by atoms with Crippen molar-refractivity contribution in [3.05, 3.63) is 35.8 Å². The zero-order valence-corrected chi connectivity index (χ0v) is 10.7. The highest BCUT2D eigenvalue weighted by Crippen LogP contribution is 2.31. The van der Waals surface area contributed by atoms with E-state index in [1.165, 1.54) is 11.5 Å². The molecule has 1 N–H and O–H groups in total. The normalized spacial score (nSPS) is 17.1. The van der Waals surface area contributed by atoms with Gasteiger partial charge in [0.25, 0.3) is 0 Å². The van der Waals surface area contributed by atoms with Crippen LogP contribution in [0.15, 0.2) is 24.5 Å². The Morgan fingerprint density at radius 1 is 1.44 bits per heavy atom. The van der Waals surface area contributed by atoms with Crippen molar-refractivity contribution in [1.29, 1.82) is 0 Å². The van der Waals surface area contributed by atoms with Crippen molar-refractivity contribution >= 4 is 23.4 Å². The van der Waals surface area contributed by atoms with Crippen molar-refractivity contribution in [1.82, 2.24) is 9.38 Å². The quantitative estimate of drug-likeness (QED) is 0.904. The topological polar surface area (TPSA) is 54.6 Å². The first-order valence-corrected chi connectivity index (χ1v) is 7.20. The van der Waals surface area contributed by atoms with E-state index >= 15 is 0 Å². The zero-order chi connectivity index (χ0) is 12.5. The van der Waals surface area contributed by atoms with E-state index in [0.717, 1.165) is 18.5 Å². The number of imidazole rings is 1. The Morgan fingerprint density at radius 3 is 2.94 bits per heavy atom. The Labute approximate surface area is 109 Å². The van der Waals surface area contributed by atoms with Gasteiger partial charge in [0.2, 0.25) is 0 Å². The van der Waals surface area contributed by atoms with Gasteiger partial charge in [-0.2, -0.15) is 11.8 Å². The molecule has 0 saturated carbocycles. The third kappa shape index (κ3) is 1.99. The molecule has 1 aliphatic heterocycles. The lowest BCUT2D eigenvalue weighted by molar-refractivity contribution is 0.0698. The average Bonchev–Trinajstić information content (AvgIpc) is 2.83. The molecule has 0 atom stereocenters. The molecule has 0 bridgehead atoms. The van der Waals surface area contributed by atoms with Crippen LogP contribution in [0.3, 0.4) is 0 Å². The van der Waals surface area contributed by atoms with Crippen LogP contribution in [0, 0.1) is 0 Å². The summed E-state index contributed by atoms with van der Waals surface area (Å²) in [4.78, 5) is 15.7. The number of rotatable bonds is 2. The summed E-state index contributed by atoms with van der Waals surface area (Å²) < 4.78 is 1.82. The summed E-state index contributed by atoms with van der Waals surface area (Å²) in [5.41, 5.74) is 1.86. The van der Waals surface area contributed by atoms with Gasteiger partial charge < -0.3 is 9.51 Å². The Bertz CT molecular complexity index is 588. The van der Waals surface area contributed by atoms with Crippen LogP contribution in [-0.2, 0) is 0 Å². The molecule has 0 amide bonds. The Hall–Kier alpha value is -1.49. The molecule has 3 heterocycles. The second-order valence-electron chi connectivity index (χ2n) is 4.51. The van der Waals surface area contributed by atoms with Gasteiger partial charge >= 0.3 is 5.97 Å². The number of aromatic nitrogens is 2. The van der Waals surface area contributed by atoms with Crippen LogP contribution in [0.5, 0.6) is 0 Å². The van der Waals surface area contributed by atoms with Gasteiger partial charge in [-0.05, 0) is 36.5 Å². The molecule has 2 aromatic heterocycles. The molecule has 5 heteroatoms. The highest BCUT2D eigenvalue weighted by molar-refractivity contribution is 7.99. The van der Waals surface area contributed by atoms with Crippen LogP contribution in [0.2, 0.25) is 0 Å². The number of carbonyl (C=O) groups is 1. The van der Waals surface area contributed by atoms with E-state index in [1.54, 1.807) is 12.1 Å². The molecular weight excluding hydrogens is 248 g/mol. The number of nitrogens with zero attached hydrogens (tertiary/aromatic N) is 2. The minimum absolute atomic E-state index is 0.272. The first-order chi connectivity index (χ1) is 8.75. The summed E-state index contributed by atoms with van der Waals surface area (Å²) in [5.74, 6) is 1.90. The van der Waals surface area contributed by atoms with Crippen molar-refractivity contribution in [2.24, 2.45) is 0 Å². The highest BCUT2D eigenvalue weighted by atomic mass is 32.2. The monoisotopic (exact) mass is 262 g/mol. The average molecular weight is 262 g/mol. The molecule has 1 saturated heterocycles. The predicted octanol–water partition coefficient (Wildman–Crippen LogP) is 2.64. The van der Waals surface area contributed by atoms with Crippen molar-refractivity contribution in [2.45, 2.75) is 18.8 Å². The SMILES string of the molecule is O=C(O)c1cccn2cc(C3CCSCC3)nc12. The zero-order valence-electron chi connectivity index (χ0n) is 9.87. The molecule has 0 radical (unpaired) electrons. The predicted molar refractivity (Wildman–Crippen MR) is 71.5 cm³/mol. The third-order valence-corrected chi connectivity index (χ3v) is 4.42.